The highest BCUT2D eigenvalue weighted by Gasteiger charge is 2.07. The highest BCUT2D eigenvalue weighted by Crippen LogP contribution is 2.29. The van der Waals surface area contributed by atoms with Crippen LogP contribution in [0.3, 0.4) is 0 Å². The van der Waals surface area contributed by atoms with Gasteiger partial charge in [0.1, 0.15) is 12.4 Å². The van der Waals surface area contributed by atoms with Gasteiger partial charge in [-0.15, -0.1) is 0 Å². The average molecular weight is 351 g/mol. The third-order valence-corrected chi connectivity index (χ3v) is 4.03. The number of ether oxygens (including phenoxy) is 2. The van der Waals surface area contributed by atoms with E-state index in [1.54, 1.807) is 6.26 Å². The maximum Gasteiger partial charge on any atom is 0.161 e. The largest absolute Gasteiger partial charge is 0.490 e. The minimum Gasteiger partial charge on any atom is -0.490 e. The molecule has 0 amide bonds. The topological polar surface area (TPSA) is 43.6 Å². The lowest BCUT2D eigenvalue weighted by Crippen LogP contribution is -2.12. The van der Waals surface area contributed by atoms with E-state index in [0.717, 1.165) is 34.9 Å². The quantitative estimate of drug-likeness (QED) is 0.598. The molecule has 26 heavy (non-hydrogen) atoms. The van der Waals surface area contributed by atoms with Crippen LogP contribution in [0.25, 0.3) is 0 Å². The summed E-state index contributed by atoms with van der Waals surface area (Å²) in [5.74, 6) is 2.47. The summed E-state index contributed by atoms with van der Waals surface area (Å²) in [6.07, 6.45) is 1.68. The first kappa shape index (κ1) is 18.1. The lowest BCUT2D eigenvalue weighted by molar-refractivity contribution is 0.269. The van der Waals surface area contributed by atoms with Gasteiger partial charge in [-0.2, -0.15) is 0 Å². The SMILES string of the molecule is CCOc1cc(CNCc2ccco2)ccc1OCc1ccc(C)cc1. The van der Waals surface area contributed by atoms with Crippen molar-refractivity contribution >= 4 is 0 Å². The van der Waals surface area contributed by atoms with Crippen molar-refractivity contribution in [2.75, 3.05) is 6.61 Å². The Morgan fingerprint density at radius 1 is 0.885 bits per heavy atom. The van der Waals surface area contributed by atoms with Gasteiger partial charge >= 0.3 is 0 Å². The van der Waals surface area contributed by atoms with Gasteiger partial charge in [-0.3, -0.25) is 0 Å². The van der Waals surface area contributed by atoms with E-state index < -0.39 is 0 Å². The number of rotatable bonds is 9. The molecule has 1 aromatic heterocycles. The van der Waals surface area contributed by atoms with Crippen molar-refractivity contribution < 1.29 is 13.9 Å². The second-order valence-electron chi connectivity index (χ2n) is 6.17. The Bertz CT molecular complexity index is 795. The van der Waals surface area contributed by atoms with Crippen LogP contribution >= 0.6 is 0 Å². The molecule has 0 bridgehead atoms. The highest BCUT2D eigenvalue weighted by molar-refractivity contribution is 5.43. The van der Waals surface area contributed by atoms with Crippen LogP contribution in [0.5, 0.6) is 11.5 Å². The maximum atomic E-state index is 5.97. The van der Waals surface area contributed by atoms with E-state index in [1.165, 1.54) is 5.56 Å². The lowest BCUT2D eigenvalue weighted by atomic mass is 10.1. The fourth-order valence-corrected chi connectivity index (χ4v) is 2.64. The van der Waals surface area contributed by atoms with Crippen molar-refractivity contribution in [1.29, 1.82) is 0 Å². The molecule has 0 aliphatic rings. The van der Waals surface area contributed by atoms with Gasteiger partial charge in [0.15, 0.2) is 11.5 Å². The molecule has 0 radical (unpaired) electrons. The molecule has 0 unspecified atom stereocenters. The molecule has 1 N–H and O–H groups in total. The minimum absolute atomic E-state index is 0.524. The number of benzene rings is 2. The predicted octanol–water partition coefficient (Wildman–Crippen LogP) is 4.86. The smallest absolute Gasteiger partial charge is 0.161 e. The zero-order valence-electron chi connectivity index (χ0n) is 15.3. The highest BCUT2D eigenvalue weighted by atomic mass is 16.5. The van der Waals surface area contributed by atoms with E-state index in [4.69, 9.17) is 13.9 Å². The maximum absolute atomic E-state index is 5.97. The Kier molecular flexibility index (Phi) is 6.34. The van der Waals surface area contributed by atoms with Gasteiger partial charge in [0.05, 0.1) is 19.4 Å². The van der Waals surface area contributed by atoms with Gasteiger partial charge in [0, 0.05) is 6.54 Å². The first-order valence-corrected chi connectivity index (χ1v) is 8.92. The van der Waals surface area contributed by atoms with Crippen molar-refractivity contribution in [3.05, 3.63) is 83.3 Å². The Labute approximate surface area is 154 Å². The molecular formula is C22H25NO3. The van der Waals surface area contributed by atoms with Crippen molar-refractivity contribution in [3.63, 3.8) is 0 Å². The summed E-state index contributed by atoms with van der Waals surface area (Å²) in [5.41, 5.74) is 3.53. The lowest BCUT2D eigenvalue weighted by Gasteiger charge is -2.14. The molecule has 0 atom stereocenters. The van der Waals surface area contributed by atoms with Crippen molar-refractivity contribution in [1.82, 2.24) is 5.32 Å². The van der Waals surface area contributed by atoms with Crippen LogP contribution in [-0.2, 0) is 19.7 Å². The first-order valence-electron chi connectivity index (χ1n) is 8.92. The number of hydrogen-bond donors (Lipinski definition) is 1. The summed E-state index contributed by atoms with van der Waals surface area (Å²) in [5, 5.41) is 3.37. The summed E-state index contributed by atoms with van der Waals surface area (Å²) in [4.78, 5) is 0. The summed E-state index contributed by atoms with van der Waals surface area (Å²) in [7, 11) is 0. The van der Waals surface area contributed by atoms with E-state index in [-0.39, 0.29) is 0 Å². The Hall–Kier alpha value is -2.72. The molecule has 0 aliphatic heterocycles. The van der Waals surface area contributed by atoms with Crippen molar-refractivity contribution in [2.24, 2.45) is 0 Å². The van der Waals surface area contributed by atoms with Crippen LogP contribution in [0, 0.1) is 6.92 Å². The number of hydrogen-bond acceptors (Lipinski definition) is 4. The second kappa shape index (κ2) is 9.11. The monoisotopic (exact) mass is 351 g/mol. The third kappa shape index (κ3) is 5.14. The van der Waals surface area contributed by atoms with Gasteiger partial charge in [0.25, 0.3) is 0 Å². The average Bonchev–Trinajstić information content (AvgIpc) is 3.16. The van der Waals surface area contributed by atoms with Gasteiger partial charge in [-0.1, -0.05) is 35.9 Å². The molecule has 2 aromatic carbocycles. The Balaban J connectivity index is 1.60. The van der Waals surface area contributed by atoms with Crippen LogP contribution in [0.1, 0.15) is 29.4 Å². The van der Waals surface area contributed by atoms with Gasteiger partial charge < -0.3 is 19.2 Å². The molecule has 136 valence electrons. The standard InChI is InChI=1S/C22H25NO3/c1-3-24-22-13-19(14-23-15-20-5-4-12-25-20)10-11-21(22)26-16-18-8-6-17(2)7-9-18/h4-13,23H,3,14-16H2,1-2H3. The Morgan fingerprint density at radius 3 is 2.42 bits per heavy atom. The summed E-state index contributed by atoms with van der Waals surface area (Å²) < 4.78 is 17.1. The molecule has 0 aliphatic carbocycles. The summed E-state index contributed by atoms with van der Waals surface area (Å²) >= 11 is 0. The third-order valence-electron chi connectivity index (χ3n) is 4.03. The van der Waals surface area contributed by atoms with Crippen LogP contribution < -0.4 is 14.8 Å². The van der Waals surface area contributed by atoms with E-state index in [1.807, 2.05) is 31.2 Å². The van der Waals surface area contributed by atoms with Gasteiger partial charge in [-0.25, -0.2) is 0 Å². The van der Waals surface area contributed by atoms with Gasteiger partial charge in [-0.05, 0) is 49.2 Å². The van der Waals surface area contributed by atoms with Crippen molar-refractivity contribution in [3.8, 4) is 11.5 Å². The normalized spacial score (nSPS) is 10.7. The fraction of sp³-hybridized carbons (Fsp3) is 0.273. The molecule has 3 aromatic rings. The minimum atomic E-state index is 0.524. The molecule has 3 rings (SSSR count). The molecule has 0 spiro atoms. The zero-order chi connectivity index (χ0) is 18.2. The molecule has 0 saturated heterocycles. The predicted molar refractivity (Wildman–Crippen MR) is 102 cm³/mol. The van der Waals surface area contributed by atoms with Crippen LogP contribution in [0.2, 0.25) is 0 Å². The first-order chi connectivity index (χ1) is 12.7. The Morgan fingerprint density at radius 2 is 1.69 bits per heavy atom. The van der Waals surface area contributed by atoms with E-state index in [0.29, 0.717) is 19.8 Å². The molecule has 0 fully saturated rings. The number of nitrogens with one attached hydrogen (secondary N) is 1. The number of aryl methyl sites for hydroxylation is 1. The van der Waals surface area contributed by atoms with Gasteiger partial charge in [0.2, 0.25) is 0 Å². The molecule has 1 heterocycles. The summed E-state index contributed by atoms with van der Waals surface area (Å²) in [6.45, 7) is 6.62. The molecule has 4 heteroatoms. The fourth-order valence-electron chi connectivity index (χ4n) is 2.64. The summed E-state index contributed by atoms with van der Waals surface area (Å²) in [6, 6.07) is 18.3. The molecule has 4 nitrogen and oxygen atoms in total. The number of furan rings is 1. The second-order valence-corrected chi connectivity index (χ2v) is 6.17. The van der Waals surface area contributed by atoms with Crippen LogP contribution in [0.15, 0.2) is 65.3 Å². The van der Waals surface area contributed by atoms with Crippen molar-refractivity contribution in [2.45, 2.75) is 33.5 Å². The molecular weight excluding hydrogens is 326 g/mol. The van der Waals surface area contributed by atoms with Crippen LogP contribution in [0.4, 0.5) is 0 Å². The van der Waals surface area contributed by atoms with E-state index in [2.05, 4.69) is 42.6 Å². The van der Waals surface area contributed by atoms with E-state index in [9.17, 15) is 0 Å². The van der Waals surface area contributed by atoms with E-state index >= 15 is 0 Å². The molecule has 0 saturated carbocycles. The van der Waals surface area contributed by atoms with Crippen LogP contribution in [-0.4, -0.2) is 6.61 Å². The zero-order valence-corrected chi connectivity index (χ0v) is 15.3.